The minimum atomic E-state index is 0.284. The van der Waals surface area contributed by atoms with Gasteiger partial charge >= 0.3 is 0 Å². The Labute approximate surface area is 189 Å². The van der Waals surface area contributed by atoms with Gasteiger partial charge in [0.05, 0.1) is 5.69 Å². The molecule has 2 aliphatic rings. The molecule has 3 heterocycles. The number of nitrogens with one attached hydrogen (secondary N) is 1. The van der Waals surface area contributed by atoms with Crippen molar-refractivity contribution in [3.8, 4) is 11.5 Å². The van der Waals surface area contributed by atoms with E-state index in [-0.39, 0.29) is 5.91 Å². The number of hydrogen-bond acceptors (Lipinski definition) is 4. The summed E-state index contributed by atoms with van der Waals surface area (Å²) in [6, 6.07) is 14.5. The number of aromatic nitrogens is 1. The van der Waals surface area contributed by atoms with Crippen LogP contribution in [0.3, 0.4) is 0 Å². The highest BCUT2D eigenvalue weighted by molar-refractivity contribution is 5.83. The number of piperazine rings is 1. The molecule has 0 radical (unpaired) electrons. The molecule has 0 unspecified atom stereocenters. The average molecular weight is 434 g/mol. The summed E-state index contributed by atoms with van der Waals surface area (Å²) in [5, 5.41) is 1.32. The number of amides is 1. The van der Waals surface area contributed by atoms with Crippen molar-refractivity contribution >= 4 is 22.5 Å². The van der Waals surface area contributed by atoms with Gasteiger partial charge in [-0.1, -0.05) is 30.7 Å². The Bertz CT molecular complexity index is 1070. The number of fused-ring (bicyclic) bond motifs is 2. The fourth-order valence-electron chi connectivity index (χ4n) is 4.77. The number of para-hydroxylation sites is 2. The summed E-state index contributed by atoms with van der Waals surface area (Å²) < 4.78 is 11.6. The quantitative estimate of drug-likeness (QED) is 0.562. The summed E-state index contributed by atoms with van der Waals surface area (Å²) in [4.78, 5) is 20.4. The number of aryl methyl sites for hydroxylation is 1. The van der Waals surface area contributed by atoms with Crippen LogP contribution in [0.15, 0.2) is 48.7 Å². The van der Waals surface area contributed by atoms with Crippen LogP contribution in [0.2, 0.25) is 0 Å². The summed E-state index contributed by atoms with van der Waals surface area (Å²) in [6.45, 7) is 4.36. The normalized spacial score (nSPS) is 15.9. The Hall–Kier alpha value is -3.15. The monoisotopic (exact) mass is 433 g/mol. The first-order valence-corrected chi connectivity index (χ1v) is 11.8. The number of ether oxygens (including phenoxy) is 2. The lowest BCUT2D eigenvalue weighted by Crippen LogP contribution is -2.48. The van der Waals surface area contributed by atoms with Gasteiger partial charge in [0.15, 0.2) is 11.5 Å². The maximum atomic E-state index is 12.7. The van der Waals surface area contributed by atoms with Gasteiger partial charge in [0.2, 0.25) is 5.91 Å². The molecule has 0 spiro atoms. The van der Waals surface area contributed by atoms with Gasteiger partial charge in [0.1, 0.15) is 13.2 Å². The van der Waals surface area contributed by atoms with Crippen molar-refractivity contribution in [1.29, 1.82) is 0 Å². The smallest absolute Gasteiger partial charge is 0.222 e. The fraction of sp³-hybridized carbons (Fsp3) is 0.423. The standard InChI is InChI=1S/C26H31N3O3/c30-25(12-3-1-2-7-20-19-27-22-9-5-4-8-21(20)22)29-15-13-28(14-16-29)23-10-6-11-24-26(23)32-18-17-31-24/h4-6,8-11,19,27H,1-3,7,12-18H2. The molecule has 32 heavy (non-hydrogen) atoms. The van der Waals surface area contributed by atoms with Crippen LogP contribution < -0.4 is 14.4 Å². The zero-order valence-electron chi connectivity index (χ0n) is 18.5. The molecule has 1 aromatic heterocycles. The van der Waals surface area contributed by atoms with Crippen molar-refractivity contribution < 1.29 is 14.3 Å². The fourth-order valence-corrected chi connectivity index (χ4v) is 4.77. The number of benzene rings is 2. The van der Waals surface area contributed by atoms with Gasteiger partial charge in [-0.05, 0) is 43.0 Å². The Morgan fingerprint density at radius 1 is 0.906 bits per heavy atom. The summed E-state index contributed by atoms with van der Waals surface area (Å²) in [7, 11) is 0. The number of nitrogens with zero attached hydrogens (tertiary/aromatic N) is 2. The predicted molar refractivity (Wildman–Crippen MR) is 127 cm³/mol. The Balaban J connectivity index is 1.05. The largest absolute Gasteiger partial charge is 0.486 e. The van der Waals surface area contributed by atoms with E-state index in [4.69, 9.17) is 9.47 Å². The van der Waals surface area contributed by atoms with E-state index in [1.165, 1.54) is 16.5 Å². The van der Waals surface area contributed by atoms with E-state index >= 15 is 0 Å². The zero-order chi connectivity index (χ0) is 21.8. The second kappa shape index (κ2) is 9.55. The van der Waals surface area contributed by atoms with Gasteiger partial charge in [-0.25, -0.2) is 0 Å². The highest BCUT2D eigenvalue weighted by Gasteiger charge is 2.25. The van der Waals surface area contributed by atoms with Crippen LogP contribution in [0.1, 0.15) is 31.2 Å². The van der Waals surface area contributed by atoms with Crippen molar-refractivity contribution in [3.05, 3.63) is 54.2 Å². The van der Waals surface area contributed by atoms with E-state index in [2.05, 4.69) is 46.4 Å². The topological polar surface area (TPSA) is 57.8 Å². The summed E-state index contributed by atoms with van der Waals surface area (Å²) in [6.07, 6.45) is 6.98. The van der Waals surface area contributed by atoms with Crippen molar-refractivity contribution in [2.45, 2.75) is 32.1 Å². The molecule has 1 fully saturated rings. The van der Waals surface area contributed by atoms with Gasteiger partial charge < -0.3 is 24.3 Å². The first kappa shape index (κ1) is 20.7. The van der Waals surface area contributed by atoms with Crippen LogP contribution in [-0.4, -0.2) is 55.2 Å². The molecule has 2 aromatic carbocycles. The lowest BCUT2D eigenvalue weighted by Gasteiger charge is -2.37. The third-order valence-electron chi connectivity index (χ3n) is 6.53. The summed E-state index contributed by atoms with van der Waals surface area (Å²) >= 11 is 0. The minimum Gasteiger partial charge on any atom is -0.486 e. The molecule has 0 bridgehead atoms. The van der Waals surface area contributed by atoms with E-state index in [0.717, 1.165) is 69.0 Å². The van der Waals surface area contributed by atoms with E-state index in [0.29, 0.717) is 19.6 Å². The molecule has 6 nitrogen and oxygen atoms in total. The van der Waals surface area contributed by atoms with Crippen LogP contribution in [0, 0.1) is 0 Å². The molecule has 0 aliphatic carbocycles. The van der Waals surface area contributed by atoms with Gasteiger partial charge in [-0.15, -0.1) is 0 Å². The molecular formula is C26H31N3O3. The molecule has 6 heteroatoms. The molecule has 1 N–H and O–H groups in total. The van der Waals surface area contributed by atoms with Crippen molar-refractivity contribution in [2.24, 2.45) is 0 Å². The third kappa shape index (κ3) is 4.40. The summed E-state index contributed by atoms with van der Waals surface area (Å²) in [5.41, 5.74) is 3.65. The number of carbonyl (C=O) groups excluding carboxylic acids is 1. The van der Waals surface area contributed by atoms with Crippen LogP contribution in [0.25, 0.3) is 10.9 Å². The van der Waals surface area contributed by atoms with Gasteiger partial charge in [0.25, 0.3) is 0 Å². The second-order valence-electron chi connectivity index (χ2n) is 8.59. The number of aromatic amines is 1. The molecule has 1 saturated heterocycles. The lowest BCUT2D eigenvalue weighted by molar-refractivity contribution is -0.131. The van der Waals surface area contributed by atoms with Gasteiger partial charge in [-0.3, -0.25) is 4.79 Å². The maximum absolute atomic E-state index is 12.7. The predicted octanol–water partition coefficient (Wildman–Crippen LogP) is 4.39. The van der Waals surface area contributed by atoms with Crippen molar-refractivity contribution in [3.63, 3.8) is 0 Å². The number of anilines is 1. The van der Waals surface area contributed by atoms with Crippen LogP contribution in [0.4, 0.5) is 5.69 Å². The van der Waals surface area contributed by atoms with E-state index in [1.54, 1.807) is 0 Å². The SMILES string of the molecule is O=C(CCCCCc1c[nH]c2ccccc12)N1CCN(c2cccc3c2OCCO3)CC1. The molecule has 168 valence electrons. The number of rotatable bonds is 7. The minimum absolute atomic E-state index is 0.284. The molecule has 1 amide bonds. The van der Waals surface area contributed by atoms with Gasteiger partial charge in [0, 0.05) is 49.7 Å². The average Bonchev–Trinajstić information content (AvgIpc) is 3.26. The van der Waals surface area contributed by atoms with Crippen LogP contribution in [-0.2, 0) is 11.2 Å². The first-order chi connectivity index (χ1) is 15.8. The third-order valence-corrected chi connectivity index (χ3v) is 6.53. The maximum Gasteiger partial charge on any atom is 0.222 e. The van der Waals surface area contributed by atoms with Crippen LogP contribution in [0.5, 0.6) is 11.5 Å². The number of H-pyrrole nitrogens is 1. The first-order valence-electron chi connectivity index (χ1n) is 11.8. The molecule has 3 aromatic rings. The highest BCUT2D eigenvalue weighted by atomic mass is 16.6. The lowest BCUT2D eigenvalue weighted by atomic mass is 10.0. The Kier molecular flexibility index (Phi) is 6.19. The molecule has 5 rings (SSSR count). The summed E-state index contributed by atoms with van der Waals surface area (Å²) in [5.74, 6) is 1.94. The number of carbonyl (C=O) groups is 1. The van der Waals surface area contributed by atoms with E-state index in [1.807, 2.05) is 17.0 Å². The molecule has 0 saturated carbocycles. The molecular weight excluding hydrogens is 402 g/mol. The number of hydrogen-bond donors (Lipinski definition) is 1. The van der Waals surface area contributed by atoms with Gasteiger partial charge in [-0.2, -0.15) is 0 Å². The zero-order valence-corrected chi connectivity index (χ0v) is 18.5. The number of unbranched alkanes of at least 4 members (excludes halogenated alkanes) is 2. The van der Waals surface area contributed by atoms with E-state index < -0.39 is 0 Å². The second-order valence-corrected chi connectivity index (χ2v) is 8.59. The van der Waals surface area contributed by atoms with Crippen molar-refractivity contribution in [2.75, 3.05) is 44.3 Å². The van der Waals surface area contributed by atoms with Crippen LogP contribution >= 0.6 is 0 Å². The molecule has 2 aliphatic heterocycles. The Morgan fingerprint density at radius 3 is 2.66 bits per heavy atom. The Morgan fingerprint density at radius 2 is 1.75 bits per heavy atom. The highest BCUT2D eigenvalue weighted by Crippen LogP contribution is 2.39. The van der Waals surface area contributed by atoms with Crippen molar-refractivity contribution in [1.82, 2.24) is 9.88 Å². The van der Waals surface area contributed by atoms with E-state index in [9.17, 15) is 4.79 Å². The molecule has 0 atom stereocenters.